The molecule has 184 valence electrons. The lowest BCUT2D eigenvalue weighted by molar-refractivity contribution is -0.167. The third-order valence-electron chi connectivity index (χ3n) is 6.42. The zero-order valence-electron chi connectivity index (χ0n) is 20.3. The van der Waals surface area contributed by atoms with E-state index in [1.165, 1.54) is 12.1 Å². The number of hydrogen-bond donors (Lipinski definition) is 0. The number of amides is 2. The molecule has 2 atom stereocenters. The number of benzene rings is 1. The third kappa shape index (κ3) is 5.47. The summed E-state index contributed by atoms with van der Waals surface area (Å²) in [5.74, 6) is -0.683. The lowest BCUT2D eigenvalue weighted by atomic mass is 9.97. The minimum atomic E-state index is -0.812. The summed E-state index contributed by atoms with van der Waals surface area (Å²) in [5, 5.41) is 3.26. The Labute approximate surface area is 204 Å². The van der Waals surface area contributed by atoms with Crippen LogP contribution in [-0.4, -0.2) is 77.4 Å². The molecule has 9 heteroatoms. The number of carbonyl (C=O) groups is 2. The van der Waals surface area contributed by atoms with Gasteiger partial charge in [0.1, 0.15) is 12.4 Å². The molecule has 0 saturated carbocycles. The van der Waals surface area contributed by atoms with E-state index in [-0.39, 0.29) is 29.7 Å². The first-order valence-electron chi connectivity index (χ1n) is 11.7. The van der Waals surface area contributed by atoms with Gasteiger partial charge in [-0.2, -0.15) is 0 Å². The molecule has 34 heavy (non-hydrogen) atoms. The summed E-state index contributed by atoms with van der Waals surface area (Å²) in [6.07, 6.45) is 0.0395. The number of morpholine rings is 1. The maximum Gasteiger partial charge on any atom is 0.254 e. The maximum atomic E-state index is 13.5. The van der Waals surface area contributed by atoms with Crippen LogP contribution in [0.25, 0.3) is 0 Å². The molecule has 1 aromatic carbocycles. The number of thiazole rings is 1. The average Bonchev–Trinajstić information content (AvgIpc) is 3.15. The summed E-state index contributed by atoms with van der Waals surface area (Å²) < 4.78 is 19.2. The summed E-state index contributed by atoms with van der Waals surface area (Å²) >= 11 is 1.70. The average molecular weight is 489 g/mol. The van der Waals surface area contributed by atoms with E-state index in [1.807, 2.05) is 4.90 Å². The zero-order valence-corrected chi connectivity index (χ0v) is 21.1. The van der Waals surface area contributed by atoms with Gasteiger partial charge in [-0.25, -0.2) is 9.37 Å². The first-order valence-corrected chi connectivity index (χ1v) is 12.6. The second-order valence-corrected chi connectivity index (χ2v) is 10.9. The Bertz CT molecular complexity index is 1020. The molecular weight excluding hydrogens is 455 g/mol. The molecule has 2 fully saturated rings. The Hall–Kier alpha value is -2.36. The van der Waals surface area contributed by atoms with Crippen LogP contribution in [0.15, 0.2) is 29.6 Å². The maximum absolute atomic E-state index is 13.5. The molecule has 2 amide bonds. The molecular formula is C25H33FN4O3S. The number of nitrogens with zero attached hydrogens (tertiary/aromatic N) is 4. The minimum absolute atomic E-state index is 0.0422. The quantitative estimate of drug-likeness (QED) is 0.661. The van der Waals surface area contributed by atoms with Gasteiger partial charge in [0.25, 0.3) is 5.91 Å². The molecule has 0 N–H and O–H groups in total. The molecule has 2 saturated heterocycles. The van der Waals surface area contributed by atoms with Crippen LogP contribution in [0.1, 0.15) is 49.5 Å². The van der Waals surface area contributed by atoms with E-state index in [9.17, 15) is 14.0 Å². The highest BCUT2D eigenvalue weighted by Crippen LogP contribution is 2.31. The van der Waals surface area contributed by atoms with Crippen molar-refractivity contribution in [1.29, 1.82) is 0 Å². The molecule has 2 aromatic rings. The first kappa shape index (κ1) is 24.8. The van der Waals surface area contributed by atoms with Crippen molar-refractivity contribution >= 4 is 23.2 Å². The van der Waals surface area contributed by atoms with Gasteiger partial charge >= 0.3 is 0 Å². The van der Waals surface area contributed by atoms with Gasteiger partial charge in [0, 0.05) is 50.6 Å². The number of rotatable bonds is 4. The van der Waals surface area contributed by atoms with Gasteiger partial charge in [0.2, 0.25) is 5.91 Å². The molecule has 1 aromatic heterocycles. The van der Waals surface area contributed by atoms with Gasteiger partial charge in [-0.3, -0.25) is 14.5 Å². The van der Waals surface area contributed by atoms with E-state index >= 15 is 0 Å². The van der Waals surface area contributed by atoms with E-state index in [0.717, 1.165) is 36.8 Å². The molecule has 2 aliphatic heterocycles. The topological polar surface area (TPSA) is 66.0 Å². The molecule has 2 aliphatic rings. The van der Waals surface area contributed by atoms with E-state index in [1.54, 1.807) is 35.4 Å². The molecule has 0 bridgehead atoms. The molecule has 4 rings (SSSR count). The number of aromatic nitrogens is 1. The fourth-order valence-electron chi connectivity index (χ4n) is 4.46. The highest BCUT2D eigenvalue weighted by molar-refractivity contribution is 7.09. The van der Waals surface area contributed by atoms with Crippen molar-refractivity contribution in [2.24, 2.45) is 0 Å². The number of carbonyl (C=O) groups excluding carboxylic acids is 2. The highest BCUT2D eigenvalue weighted by atomic mass is 32.1. The molecule has 7 nitrogen and oxygen atoms in total. The van der Waals surface area contributed by atoms with Crippen molar-refractivity contribution in [3.63, 3.8) is 0 Å². The molecule has 2 unspecified atom stereocenters. The van der Waals surface area contributed by atoms with Crippen molar-refractivity contribution in [2.45, 2.75) is 51.3 Å². The van der Waals surface area contributed by atoms with Crippen molar-refractivity contribution in [3.05, 3.63) is 51.7 Å². The largest absolute Gasteiger partial charge is 0.356 e. The van der Waals surface area contributed by atoms with Crippen LogP contribution in [0.4, 0.5) is 4.39 Å². The summed E-state index contributed by atoms with van der Waals surface area (Å²) in [7, 11) is 1.67. The van der Waals surface area contributed by atoms with Crippen LogP contribution in [-0.2, 0) is 26.3 Å². The lowest BCUT2D eigenvalue weighted by Gasteiger charge is -2.40. The highest BCUT2D eigenvalue weighted by Gasteiger charge is 2.42. The third-order valence-corrected chi connectivity index (χ3v) is 7.73. The van der Waals surface area contributed by atoms with E-state index in [2.05, 4.69) is 31.1 Å². The van der Waals surface area contributed by atoms with Crippen LogP contribution in [0.5, 0.6) is 0 Å². The standard InChI is InChI=1S/C25H33FN4O3S/c1-25(2,3)24-27-19(16-34-24)14-29-10-5-11-30(13-12-29)23(32)22-21(28(4)20(31)15-33-22)17-6-8-18(26)9-7-17/h6-9,16,21-22H,5,10-15H2,1-4H3. The second kappa shape index (κ2) is 10.1. The predicted octanol–water partition coefficient (Wildman–Crippen LogP) is 3.21. The van der Waals surface area contributed by atoms with E-state index < -0.39 is 12.1 Å². The van der Waals surface area contributed by atoms with Crippen molar-refractivity contribution in [1.82, 2.24) is 19.7 Å². The molecule has 0 spiro atoms. The number of halogens is 1. The number of ether oxygens (including phenoxy) is 1. The SMILES string of the molecule is CN1C(=O)COC(C(=O)N2CCCN(Cc3csc(C(C)(C)C)n3)CC2)C1c1ccc(F)cc1. The predicted molar refractivity (Wildman–Crippen MR) is 129 cm³/mol. The van der Waals surface area contributed by atoms with Gasteiger partial charge in [0.05, 0.1) is 16.7 Å². The Morgan fingerprint density at radius 3 is 2.59 bits per heavy atom. The fourth-order valence-corrected chi connectivity index (χ4v) is 5.36. The van der Waals surface area contributed by atoms with Crippen LogP contribution in [0, 0.1) is 5.82 Å². The van der Waals surface area contributed by atoms with Gasteiger partial charge < -0.3 is 14.5 Å². The number of likely N-dealkylation sites (N-methyl/N-ethyl adjacent to an activating group) is 1. The van der Waals surface area contributed by atoms with Gasteiger partial charge in [-0.1, -0.05) is 32.9 Å². The normalized spacial score (nSPS) is 22.7. The molecule has 0 radical (unpaired) electrons. The van der Waals surface area contributed by atoms with Crippen LogP contribution < -0.4 is 0 Å². The summed E-state index contributed by atoms with van der Waals surface area (Å²) in [6.45, 7) is 9.99. The zero-order chi connectivity index (χ0) is 24.5. The summed E-state index contributed by atoms with van der Waals surface area (Å²) in [4.78, 5) is 36.4. The van der Waals surface area contributed by atoms with Crippen LogP contribution >= 0.6 is 11.3 Å². The monoisotopic (exact) mass is 488 g/mol. The minimum Gasteiger partial charge on any atom is -0.356 e. The summed E-state index contributed by atoms with van der Waals surface area (Å²) in [5.41, 5.74) is 1.80. The summed E-state index contributed by atoms with van der Waals surface area (Å²) in [6, 6.07) is 5.33. The van der Waals surface area contributed by atoms with E-state index in [4.69, 9.17) is 9.72 Å². The Morgan fingerprint density at radius 1 is 1.18 bits per heavy atom. The van der Waals surface area contributed by atoms with Gasteiger partial charge in [-0.15, -0.1) is 11.3 Å². The smallest absolute Gasteiger partial charge is 0.254 e. The van der Waals surface area contributed by atoms with Crippen LogP contribution in [0.2, 0.25) is 0 Å². The van der Waals surface area contributed by atoms with Gasteiger partial charge in [0.15, 0.2) is 6.10 Å². The van der Waals surface area contributed by atoms with Gasteiger partial charge in [-0.05, 0) is 24.1 Å². The Morgan fingerprint density at radius 2 is 1.91 bits per heavy atom. The van der Waals surface area contributed by atoms with Crippen molar-refractivity contribution in [2.75, 3.05) is 39.8 Å². The lowest BCUT2D eigenvalue weighted by Crippen LogP contribution is -2.54. The molecule has 3 heterocycles. The second-order valence-electron chi connectivity index (χ2n) is 10.1. The fraction of sp³-hybridized carbons (Fsp3) is 0.560. The Kier molecular flexibility index (Phi) is 7.35. The number of hydrogen-bond acceptors (Lipinski definition) is 6. The van der Waals surface area contributed by atoms with Crippen molar-refractivity contribution < 1.29 is 18.7 Å². The van der Waals surface area contributed by atoms with E-state index in [0.29, 0.717) is 18.7 Å². The van der Waals surface area contributed by atoms with Crippen molar-refractivity contribution in [3.8, 4) is 0 Å². The Balaban J connectivity index is 1.43. The molecule has 0 aliphatic carbocycles. The van der Waals surface area contributed by atoms with Crippen LogP contribution in [0.3, 0.4) is 0 Å². The first-order chi connectivity index (χ1) is 16.1.